The smallest absolute Gasteiger partial charge is 0.337 e. The standard InChI is InChI=1S/C13H12Cl2N4O2/c1-2-21-13-17-12(18-19-13)16-11(20)7-6-8-9(14)4-3-5-10(8)15/h3-7H,2H2,1H3,(H2,16,17,18,19,20)/b7-6+. The number of benzene rings is 1. The molecular weight excluding hydrogens is 315 g/mol. The molecule has 0 aliphatic heterocycles. The van der Waals surface area contributed by atoms with E-state index in [1.54, 1.807) is 18.2 Å². The van der Waals surface area contributed by atoms with E-state index >= 15 is 0 Å². The summed E-state index contributed by atoms with van der Waals surface area (Å²) in [7, 11) is 0. The van der Waals surface area contributed by atoms with Crippen molar-refractivity contribution in [2.45, 2.75) is 6.92 Å². The summed E-state index contributed by atoms with van der Waals surface area (Å²) < 4.78 is 5.07. The third-order valence-corrected chi connectivity index (χ3v) is 3.04. The highest BCUT2D eigenvalue weighted by molar-refractivity contribution is 6.37. The molecule has 1 heterocycles. The lowest BCUT2D eigenvalue weighted by molar-refractivity contribution is -0.111. The molecule has 6 nitrogen and oxygen atoms in total. The lowest BCUT2D eigenvalue weighted by Crippen LogP contribution is -2.09. The number of hydrogen-bond donors (Lipinski definition) is 2. The van der Waals surface area contributed by atoms with Crippen molar-refractivity contribution < 1.29 is 9.53 Å². The van der Waals surface area contributed by atoms with E-state index in [0.29, 0.717) is 22.2 Å². The fourth-order valence-electron chi connectivity index (χ4n) is 1.48. The van der Waals surface area contributed by atoms with Crippen LogP contribution in [0.1, 0.15) is 12.5 Å². The maximum absolute atomic E-state index is 11.8. The second-order valence-electron chi connectivity index (χ2n) is 3.86. The minimum atomic E-state index is -0.398. The van der Waals surface area contributed by atoms with Gasteiger partial charge in [0.05, 0.1) is 6.61 Å². The molecule has 110 valence electrons. The zero-order valence-electron chi connectivity index (χ0n) is 11.1. The van der Waals surface area contributed by atoms with Crippen molar-refractivity contribution in [1.82, 2.24) is 15.2 Å². The number of rotatable bonds is 5. The van der Waals surface area contributed by atoms with Crippen molar-refractivity contribution in [3.05, 3.63) is 39.9 Å². The number of ether oxygens (including phenoxy) is 1. The molecule has 0 saturated heterocycles. The zero-order valence-corrected chi connectivity index (χ0v) is 12.6. The molecule has 0 aliphatic carbocycles. The molecule has 21 heavy (non-hydrogen) atoms. The average molecular weight is 327 g/mol. The molecule has 0 atom stereocenters. The van der Waals surface area contributed by atoms with E-state index in [-0.39, 0.29) is 12.0 Å². The van der Waals surface area contributed by atoms with Gasteiger partial charge in [0, 0.05) is 21.7 Å². The SMILES string of the molecule is CCOc1n[nH]c(NC(=O)/C=C/c2c(Cl)cccc2Cl)n1. The molecule has 0 aliphatic rings. The summed E-state index contributed by atoms with van der Waals surface area (Å²) in [6.07, 6.45) is 2.83. The molecule has 0 radical (unpaired) electrons. The van der Waals surface area contributed by atoms with Crippen molar-refractivity contribution in [3.63, 3.8) is 0 Å². The summed E-state index contributed by atoms with van der Waals surface area (Å²) >= 11 is 12.0. The maximum Gasteiger partial charge on any atom is 0.337 e. The molecule has 2 rings (SSSR count). The average Bonchev–Trinajstić information content (AvgIpc) is 2.86. The van der Waals surface area contributed by atoms with E-state index in [1.807, 2.05) is 6.92 Å². The van der Waals surface area contributed by atoms with E-state index in [0.717, 1.165) is 0 Å². The molecule has 0 saturated carbocycles. The highest BCUT2D eigenvalue weighted by Gasteiger charge is 2.06. The van der Waals surface area contributed by atoms with Crippen LogP contribution in [0.25, 0.3) is 6.08 Å². The summed E-state index contributed by atoms with van der Waals surface area (Å²) in [4.78, 5) is 15.7. The summed E-state index contributed by atoms with van der Waals surface area (Å²) in [5, 5.41) is 9.74. The van der Waals surface area contributed by atoms with Crippen LogP contribution in [0.4, 0.5) is 5.95 Å². The van der Waals surface area contributed by atoms with Gasteiger partial charge in [-0.25, -0.2) is 5.10 Å². The van der Waals surface area contributed by atoms with Crippen LogP contribution in [0.3, 0.4) is 0 Å². The molecule has 1 amide bonds. The van der Waals surface area contributed by atoms with E-state index in [9.17, 15) is 4.79 Å². The number of carbonyl (C=O) groups is 1. The van der Waals surface area contributed by atoms with E-state index < -0.39 is 5.91 Å². The number of amides is 1. The van der Waals surface area contributed by atoms with Gasteiger partial charge < -0.3 is 4.74 Å². The zero-order chi connectivity index (χ0) is 15.2. The van der Waals surface area contributed by atoms with Crippen LogP contribution < -0.4 is 10.1 Å². The molecule has 0 spiro atoms. The third-order valence-electron chi connectivity index (χ3n) is 2.38. The number of aromatic nitrogens is 3. The summed E-state index contributed by atoms with van der Waals surface area (Å²) in [6.45, 7) is 2.25. The Kier molecular flexibility index (Phi) is 5.19. The van der Waals surface area contributed by atoms with E-state index in [2.05, 4.69) is 20.5 Å². The first kappa shape index (κ1) is 15.3. The molecule has 0 fully saturated rings. The Hall–Kier alpha value is -2.05. The molecule has 0 bridgehead atoms. The molecule has 1 aromatic carbocycles. The van der Waals surface area contributed by atoms with Crippen LogP contribution in [0.5, 0.6) is 6.01 Å². The number of nitrogens with one attached hydrogen (secondary N) is 2. The number of anilines is 1. The van der Waals surface area contributed by atoms with Gasteiger partial charge in [0.1, 0.15) is 0 Å². The van der Waals surface area contributed by atoms with Gasteiger partial charge in [-0.15, -0.1) is 5.10 Å². The van der Waals surface area contributed by atoms with Gasteiger partial charge in [-0.1, -0.05) is 29.3 Å². The highest BCUT2D eigenvalue weighted by atomic mass is 35.5. The molecule has 8 heteroatoms. The van der Waals surface area contributed by atoms with Crippen LogP contribution in [0.2, 0.25) is 10.0 Å². The summed E-state index contributed by atoms with van der Waals surface area (Å²) in [5.41, 5.74) is 0.573. The second kappa shape index (κ2) is 7.10. The fraction of sp³-hybridized carbons (Fsp3) is 0.154. The van der Waals surface area contributed by atoms with Crippen molar-refractivity contribution in [1.29, 1.82) is 0 Å². The Labute approximate surface area is 131 Å². The monoisotopic (exact) mass is 326 g/mol. The number of nitrogens with zero attached hydrogens (tertiary/aromatic N) is 2. The maximum atomic E-state index is 11.8. The van der Waals surface area contributed by atoms with Crippen LogP contribution in [-0.4, -0.2) is 27.7 Å². The highest BCUT2D eigenvalue weighted by Crippen LogP contribution is 2.25. The first-order valence-corrected chi connectivity index (χ1v) is 6.84. The lowest BCUT2D eigenvalue weighted by Gasteiger charge is -2.00. The number of carbonyl (C=O) groups excluding carboxylic acids is 1. The van der Waals surface area contributed by atoms with Gasteiger partial charge >= 0.3 is 6.01 Å². The van der Waals surface area contributed by atoms with E-state index in [4.69, 9.17) is 27.9 Å². The Morgan fingerprint density at radius 2 is 2.14 bits per heavy atom. The Morgan fingerprint density at radius 3 is 2.81 bits per heavy atom. The van der Waals surface area contributed by atoms with Crippen LogP contribution in [0, 0.1) is 0 Å². The van der Waals surface area contributed by atoms with Gasteiger partial charge in [-0.2, -0.15) is 4.98 Å². The van der Waals surface area contributed by atoms with Crippen molar-refractivity contribution in [2.75, 3.05) is 11.9 Å². The lowest BCUT2D eigenvalue weighted by atomic mass is 10.2. The number of hydrogen-bond acceptors (Lipinski definition) is 4. The minimum Gasteiger partial charge on any atom is -0.463 e. The van der Waals surface area contributed by atoms with Gasteiger partial charge in [0.25, 0.3) is 5.91 Å². The fourth-order valence-corrected chi connectivity index (χ4v) is 2.01. The van der Waals surface area contributed by atoms with Crippen molar-refractivity contribution in [3.8, 4) is 6.01 Å². The quantitative estimate of drug-likeness (QED) is 0.827. The van der Waals surface area contributed by atoms with E-state index in [1.165, 1.54) is 12.2 Å². The molecule has 0 unspecified atom stereocenters. The van der Waals surface area contributed by atoms with Crippen LogP contribution >= 0.6 is 23.2 Å². The second-order valence-corrected chi connectivity index (χ2v) is 4.67. The van der Waals surface area contributed by atoms with Crippen LogP contribution in [0.15, 0.2) is 24.3 Å². The Bertz CT molecular complexity index is 650. The minimum absolute atomic E-state index is 0.172. The Balaban J connectivity index is 2.02. The van der Waals surface area contributed by atoms with Crippen LogP contribution in [-0.2, 0) is 4.79 Å². The topological polar surface area (TPSA) is 79.9 Å². The van der Waals surface area contributed by atoms with Gasteiger partial charge in [-0.3, -0.25) is 10.1 Å². The number of H-pyrrole nitrogens is 1. The van der Waals surface area contributed by atoms with Gasteiger partial charge in [0.15, 0.2) is 0 Å². The Morgan fingerprint density at radius 1 is 1.43 bits per heavy atom. The predicted octanol–water partition coefficient (Wildman–Crippen LogP) is 3.16. The largest absolute Gasteiger partial charge is 0.463 e. The predicted molar refractivity (Wildman–Crippen MR) is 81.7 cm³/mol. The first-order chi connectivity index (χ1) is 10.1. The molecule has 2 N–H and O–H groups in total. The first-order valence-electron chi connectivity index (χ1n) is 6.08. The molecular formula is C13H12Cl2N4O2. The third kappa shape index (κ3) is 4.21. The van der Waals surface area contributed by atoms with Crippen molar-refractivity contribution in [2.24, 2.45) is 0 Å². The number of halogens is 2. The summed E-state index contributed by atoms with van der Waals surface area (Å²) in [5.74, 6) is -0.205. The summed E-state index contributed by atoms with van der Waals surface area (Å²) in [6, 6.07) is 5.28. The van der Waals surface area contributed by atoms with Gasteiger partial charge in [0.2, 0.25) is 5.95 Å². The van der Waals surface area contributed by atoms with Crippen molar-refractivity contribution >= 4 is 41.1 Å². The molecule has 2 aromatic rings. The normalized spacial score (nSPS) is 10.8. The van der Waals surface area contributed by atoms with Gasteiger partial charge in [-0.05, 0) is 25.1 Å². The molecule has 1 aromatic heterocycles. The number of aromatic amines is 1.